The van der Waals surface area contributed by atoms with Gasteiger partial charge in [-0.1, -0.05) is 24.6 Å². The molecule has 0 saturated carbocycles. The molecule has 0 bridgehead atoms. The third kappa shape index (κ3) is 4.10. The summed E-state index contributed by atoms with van der Waals surface area (Å²) in [7, 11) is 0. The van der Waals surface area contributed by atoms with Crippen LogP contribution in [0.4, 0.5) is 4.39 Å². The molecule has 1 aliphatic rings. The van der Waals surface area contributed by atoms with Crippen molar-refractivity contribution in [1.29, 1.82) is 0 Å². The summed E-state index contributed by atoms with van der Waals surface area (Å²) in [5.41, 5.74) is 2.12. The highest BCUT2D eigenvalue weighted by Crippen LogP contribution is 2.21. The molecule has 8 heteroatoms. The summed E-state index contributed by atoms with van der Waals surface area (Å²) in [4.78, 5) is 14.4. The van der Waals surface area contributed by atoms with Gasteiger partial charge in [-0.2, -0.15) is 9.61 Å². The second-order valence-electron chi connectivity index (χ2n) is 6.56. The maximum absolute atomic E-state index is 13.1. The number of hydrogen-bond acceptors (Lipinski definition) is 5. The highest BCUT2D eigenvalue weighted by Gasteiger charge is 2.17. The number of nitrogens with zero attached hydrogens (tertiary/aromatic N) is 5. The van der Waals surface area contributed by atoms with Crippen LogP contribution >= 0.6 is 11.8 Å². The molecule has 4 rings (SSSR count). The molecule has 3 aromatic rings. The quantitative estimate of drug-likeness (QED) is 0.644. The van der Waals surface area contributed by atoms with Crippen molar-refractivity contribution in [3.05, 3.63) is 42.2 Å². The number of carbonyl (C=O) groups is 1. The number of halogens is 1. The van der Waals surface area contributed by atoms with E-state index in [1.54, 1.807) is 16.6 Å². The van der Waals surface area contributed by atoms with Gasteiger partial charge >= 0.3 is 0 Å². The average Bonchev–Trinajstić information content (AvgIpc) is 2.89. The maximum atomic E-state index is 13.1. The van der Waals surface area contributed by atoms with Crippen molar-refractivity contribution in [3.63, 3.8) is 0 Å². The molecule has 1 saturated heterocycles. The number of thioether (sulfide) groups is 1. The largest absolute Gasteiger partial charge is 0.342 e. The van der Waals surface area contributed by atoms with Gasteiger partial charge in [0.2, 0.25) is 11.1 Å². The fourth-order valence-electron chi connectivity index (χ4n) is 3.17. The van der Waals surface area contributed by atoms with E-state index in [0.29, 0.717) is 22.3 Å². The van der Waals surface area contributed by atoms with E-state index in [1.807, 2.05) is 17.0 Å². The van der Waals surface area contributed by atoms with Gasteiger partial charge in [0.1, 0.15) is 5.82 Å². The Labute approximate surface area is 160 Å². The fourth-order valence-corrected chi connectivity index (χ4v) is 3.96. The van der Waals surface area contributed by atoms with Gasteiger partial charge in [0, 0.05) is 18.7 Å². The summed E-state index contributed by atoms with van der Waals surface area (Å²) in [5, 5.41) is 13.4. The Morgan fingerprint density at radius 2 is 1.74 bits per heavy atom. The standard InChI is InChI=1S/C19H20FN5OS/c20-15-7-5-14(6-8-15)16-9-10-17-21-22-19(25(17)23-16)27-13-18(26)24-11-3-1-2-4-12-24/h5-10H,1-4,11-13H2. The van der Waals surface area contributed by atoms with Crippen LogP contribution in [0.25, 0.3) is 16.9 Å². The molecule has 0 N–H and O–H groups in total. The molecule has 0 spiro atoms. The van der Waals surface area contributed by atoms with E-state index >= 15 is 0 Å². The molecule has 0 atom stereocenters. The first-order valence-electron chi connectivity index (χ1n) is 9.10. The van der Waals surface area contributed by atoms with E-state index in [0.717, 1.165) is 31.5 Å². The summed E-state index contributed by atoms with van der Waals surface area (Å²) in [6.45, 7) is 1.68. The van der Waals surface area contributed by atoms with E-state index in [4.69, 9.17) is 0 Å². The van der Waals surface area contributed by atoms with Crippen LogP contribution in [-0.4, -0.2) is 49.5 Å². The van der Waals surface area contributed by atoms with Crippen molar-refractivity contribution in [2.45, 2.75) is 30.8 Å². The van der Waals surface area contributed by atoms with Crippen LogP contribution < -0.4 is 0 Å². The molecule has 1 aliphatic heterocycles. The topological polar surface area (TPSA) is 63.4 Å². The lowest BCUT2D eigenvalue weighted by Crippen LogP contribution is -2.33. The lowest BCUT2D eigenvalue weighted by atomic mass is 10.1. The minimum absolute atomic E-state index is 0.133. The van der Waals surface area contributed by atoms with Crippen LogP contribution in [0.1, 0.15) is 25.7 Å². The van der Waals surface area contributed by atoms with Gasteiger partial charge in [0.05, 0.1) is 11.4 Å². The predicted molar refractivity (Wildman–Crippen MR) is 102 cm³/mol. The predicted octanol–water partition coefficient (Wildman–Crippen LogP) is 3.43. The number of likely N-dealkylation sites (tertiary alicyclic amines) is 1. The SMILES string of the molecule is O=C(CSc1nnc2ccc(-c3ccc(F)cc3)nn12)N1CCCCCC1. The monoisotopic (exact) mass is 385 g/mol. The van der Waals surface area contributed by atoms with Crippen molar-refractivity contribution in [2.24, 2.45) is 0 Å². The van der Waals surface area contributed by atoms with Crippen molar-refractivity contribution >= 4 is 23.3 Å². The first kappa shape index (κ1) is 17.9. The Bertz CT molecular complexity index is 935. The zero-order valence-corrected chi connectivity index (χ0v) is 15.7. The van der Waals surface area contributed by atoms with Crippen LogP contribution in [-0.2, 0) is 4.79 Å². The molecule has 0 unspecified atom stereocenters. The first-order valence-corrected chi connectivity index (χ1v) is 10.1. The molecule has 140 valence electrons. The molecule has 1 amide bonds. The molecular formula is C19H20FN5OS. The number of rotatable bonds is 4. The molecule has 3 heterocycles. The van der Waals surface area contributed by atoms with Crippen molar-refractivity contribution in [3.8, 4) is 11.3 Å². The third-order valence-electron chi connectivity index (χ3n) is 4.66. The van der Waals surface area contributed by atoms with E-state index in [9.17, 15) is 9.18 Å². The van der Waals surface area contributed by atoms with Gasteiger partial charge in [0.15, 0.2) is 5.65 Å². The summed E-state index contributed by atoms with van der Waals surface area (Å²) in [6.07, 6.45) is 4.54. The van der Waals surface area contributed by atoms with E-state index < -0.39 is 0 Å². The highest BCUT2D eigenvalue weighted by atomic mass is 32.2. The molecule has 0 aliphatic carbocycles. The van der Waals surface area contributed by atoms with Crippen molar-refractivity contribution in [1.82, 2.24) is 24.7 Å². The third-order valence-corrected chi connectivity index (χ3v) is 5.56. The number of benzene rings is 1. The van der Waals surface area contributed by atoms with Crippen LogP contribution in [0.2, 0.25) is 0 Å². The van der Waals surface area contributed by atoms with Gasteiger partial charge in [-0.15, -0.1) is 10.2 Å². The van der Waals surface area contributed by atoms with Crippen LogP contribution in [0.3, 0.4) is 0 Å². The van der Waals surface area contributed by atoms with Crippen LogP contribution in [0, 0.1) is 5.82 Å². The van der Waals surface area contributed by atoms with Gasteiger partial charge in [-0.25, -0.2) is 4.39 Å². The number of hydrogen-bond donors (Lipinski definition) is 0. The van der Waals surface area contributed by atoms with Crippen molar-refractivity contribution in [2.75, 3.05) is 18.8 Å². The van der Waals surface area contributed by atoms with Gasteiger partial charge in [0.25, 0.3) is 0 Å². The van der Waals surface area contributed by atoms with Gasteiger partial charge in [-0.05, 0) is 49.2 Å². The molecule has 2 aromatic heterocycles. The second kappa shape index (κ2) is 8.04. The molecule has 1 aromatic carbocycles. The Hall–Kier alpha value is -2.48. The Morgan fingerprint density at radius 1 is 1.00 bits per heavy atom. The van der Waals surface area contributed by atoms with Crippen molar-refractivity contribution < 1.29 is 9.18 Å². The van der Waals surface area contributed by atoms with E-state index in [-0.39, 0.29) is 11.7 Å². The molecule has 6 nitrogen and oxygen atoms in total. The van der Waals surface area contributed by atoms with E-state index in [1.165, 1.54) is 36.7 Å². The van der Waals surface area contributed by atoms with Gasteiger partial charge in [-0.3, -0.25) is 4.79 Å². The second-order valence-corrected chi connectivity index (χ2v) is 7.50. The summed E-state index contributed by atoms with van der Waals surface area (Å²) in [5.74, 6) is 0.171. The zero-order valence-electron chi connectivity index (χ0n) is 14.8. The molecule has 27 heavy (non-hydrogen) atoms. The number of fused-ring (bicyclic) bond motifs is 1. The fraction of sp³-hybridized carbons (Fsp3) is 0.368. The Kier molecular flexibility index (Phi) is 5.33. The number of carbonyl (C=O) groups excluding carboxylic acids is 1. The number of aromatic nitrogens is 4. The molecule has 0 radical (unpaired) electrons. The smallest absolute Gasteiger partial charge is 0.233 e. The Balaban J connectivity index is 1.51. The summed E-state index contributed by atoms with van der Waals surface area (Å²) < 4.78 is 14.8. The Morgan fingerprint density at radius 3 is 2.48 bits per heavy atom. The minimum Gasteiger partial charge on any atom is -0.342 e. The molecule has 1 fully saturated rings. The summed E-state index contributed by atoms with van der Waals surface area (Å²) in [6, 6.07) is 9.83. The first-order chi connectivity index (χ1) is 13.2. The average molecular weight is 385 g/mol. The normalized spacial score (nSPS) is 15.1. The lowest BCUT2D eigenvalue weighted by Gasteiger charge is -2.19. The highest BCUT2D eigenvalue weighted by molar-refractivity contribution is 7.99. The number of amides is 1. The summed E-state index contributed by atoms with van der Waals surface area (Å²) >= 11 is 1.35. The van der Waals surface area contributed by atoms with Crippen LogP contribution in [0.5, 0.6) is 0 Å². The van der Waals surface area contributed by atoms with E-state index in [2.05, 4.69) is 15.3 Å². The zero-order chi connectivity index (χ0) is 18.6. The molecular weight excluding hydrogens is 365 g/mol. The van der Waals surface area contributed by atoms with Crippen LogP contribution in [0.15, 0.2) is 41.6 Å². The lowest BCUT2D eigenvalue weighted by molar-refractivity contribution is -0.128. The minimum atomic E-state index is -0.285. The van der Waals surface area contributed by atoms with Gasteiger partial charge < -0.3 is 4.90 Å². The maximum Gasteiger partial charge on any atom is 0.233 e.